The average molecular weight is 499 g/mol. The minimum absolute atomic E-state index is 0.207. The van der Waals surface area contributed by atoms with Crippen LogP contribution in [0.4, 0.5) is 14.5 Å². The fourth-order valence-corrected chi connectivity index (χ4v) is 5.03. The van der Waals surface area contributed by atoms with Crippen molar-refractivity contribution < 1.29 is 18.4 Å². The molecule has 1 saturated carbocycles. The van der Waals surface area contributed by atoms with E-state index in [1.807, 2.05) is 32.9 Å². The van der Waals surface area contributed by atoms with E-state index in [4.69, 9.17) is 0 Å². The molecule has 2 atom stereocenters. The lowest BCUT2D eigenvalue weighted by molar-refractivity contribution is -0.121. The summed E-state index contributed by atoms with van der Waals surface area (Å²) in [5.41, 5.74) is 5.23. The van der Waals surface area contributed by atoms with Crippen molar-refractivity contribution in [1.29, 1.82) is 0 Å². The zero-order valence-electron chi connectivity index (χ0n) is 21.0. The summed E-state index contributed by atoms with van der Waals surface area (Å²) in [6.07, 6.45) is 1.64. The molecule has 192 valence electrons. The maximum absolute atomic E-state index is 14.3. The number of benzene rings is 1. The van der Waals surface area contributed by atoms with E-state index < -0.39 is 36.1 Å². The van der Waals surface area contributed by atoms with E-state index in [0.717, 1.165) is 22.5 Å². The van der Waals surface area contributed by atoms with Gasteiger partial charge in [-0.2, -0.15) is 10.2 Å². The third-order valence-corrected chi connectivity index (χ3v) is 6.82. The van der Waals surface area contributed by atoms with Crippen LogP contribution >= 0.6 is 0 Å². The minimum atomic E-state index is -2.87. The number of carbonyl (C=O) groups excluding carboxylic acids is 2. The highest BCUT2D eigenvalue weighted by atomic mass is 19.3. The van der Waals surface area contributed by atoms with Crippen LogP contribution in [0.3, 0.4) is 0 Å². The largest absolute Gasteiger partial charge is 0.339 e. The number of aromatic amines is 1. The Morgan fingerprint density at radius 1 is 1.22 bits per heavy atom. The van der Waals surface area contributed by atoms with Crippen molar-refractivity contribution >= 4 is 17.5 Å². The summed E-state index contributed by atoms with van der Waals surface area (Å²) in [7, 11) is 0. The molecule has 0 radical (unpaired) electrons. The third kappa shape index (κ3) is 5.32. The first-order chi connectivity index (χ1) is 17.1. The molecule has 8 nitrogen and oxygen atoms in total. The monoisotopic (exact) mass is 498 g/mol. The van der Waals surface area contributed by atoms with E-state index in [9.17, 15) is 18.4 Å². The van der Waals surface area contributed by atoms with Crippen molar-refractivity contribution in [1.82, 2.24) is 25.3 Å². The molecule has 0 spiro atoms. The number of aromatic nitrogens is 4. The Labute approximate surface area is 208 Å². The Bertz CT molecular complexity index is 1230. The summed E-state index contributed by atoms with van der Waals surface area (Å²) in [6, 6.07) is 6.13. The van der Waals surface area contributed by atoms with Crippen LogP contribution in [-0.4, -0.2) is 43.8 Å². The molecular weight excluding hydrogens is 466 g/mol. The predicted molar refractivity (Wildman–Crippen MR) is 133 cm³/mol. The zero-order valence-corrected chi connectivity index (χ0v) is 21.0. The molecule has 2 amide bonds. The highest BCUT2D eigenvalue weighted by Crippen LogP contribution is 2.38. The van der Waals surface area contributed by atoms with Crippen LogP contribution in [0.25, 0.3) is 11.1 Å². The van der Waals surface area contributed by atoms with E-state index in [0.29, 0.717) is 36.3 Å². The number of aryl methyl sites for hydroxylation is 4. The van der Waals surface area contributed by atoms with Crippen molar-refractivity contribution in [3.05, 3.63) is 53.1 Å². The van der Waals surface area contributed by atoms with E-state index in [1.54, 1.807) is 25.3 Å². The Balaban J connectivity index is 1.56. The van der Waals surface area contributed by atoms with Gasteiger partial charge in [0.1, 0.15) is 11.7 Å². The molecule has 1 aliphatic carbocycles. The number of halogens is 2. The van der Waals surface area contributed by atoms with Crippen molar-refractivity contribution in [2.24, 2.45) is 5.92 Å². The number of alkyl halides is 2. The number of hydrogen-bond acceptors (Lipinski definition) is 4. The number of nitrogens with one attached hydrogen (secondary N) is 3. The molecule has 10 heteroatoms. The molecule has 0 aliphatic heterocycles. The summed E-state index contributed by atoms with van der Waals surface area (Å²) in [6.45, 7) is 7.92. The fraction of sp³-hybridized carbons (Fsp3) is 0.462. The van der Waals surface area contributed by atoms with Crippen LogP contribution in [-0.2, 0) is 11.3 Å². The van der Waals surface area contributed by atoms with Gasteiger partial charge in [0.05, 0.1) is 11.9 Å². The molecule has 1 aromatic carbocycles. The highest BCUT2D eigenvalue weighted by Gasteiger charge is 2.42. The zero-order chi connectivity index (χ0) is 26.0. The smallest absolute Gasteiger partial charge is 0.270 e. The van der Waals surface area contributed by atoms with Crippen molar-refractivity contribution in [2.45, 2.75) is 71.9 Å². The van der Waals surface area contributed by atoms with Crippen LogP contribution in [0.2, 0.25) is 0 Å². The molecule has 0 unspecified atom stereocenters. The first kappa shape index (κ1) is 25.5. The molecule has 3 aromatic rings. The van der Waals surface area contributed by atoms with Gasteiger partial charge in [-0.1, -0.05) is 12.1 Å². The normalized spacial score (nSPS) is 18.0. The minimum Gasteiger partial charge on any atom is -0.339 e. The second kappa shape index (κ2) is 10.2. The van der Waals surface area contributed by atoms with Crippen LogP contribution < -0.4 is 10.6 Å². The maximum atomic E-state index is 14.3. The number of rotatable bonds is 7. The summed E-state index contributed by atoms with van der Waals surface area (Å²) in [5, 5.41) is 16.9. The summed E-state index contributed by atoms with van der Waals surface area (Å²) in [5.74, 6) is -4.57. The summed E-state index contributed by atoms with van der Waals surface area (Å²) < 4.78 is 30.1. The lowest BCUT2D eigenvalue weighted by atomic mass is 9.81. The molecule has 2 heterocycles. The first-order valence-electron chi connectivity index (χ1n) is 12.2. The van der Waals surface area contributed by atoms with Gasteiger partial charge >= 0.3 is 0 Å². The van der Waals surface area contributed by atoms with Gasteiger partial charge in [-0.25, -0.2) is 8.78 Å². The topological polar surface area (TPSA) is 105 Å². The first-order valence-corrected chi connectivity index (χ1v) is 12.2. The molecule has 4 rings (SSSR count). The van der Waals surface area contributed by atoms with E-state index >= 15 is 0 Å². The molecule has 1 aliphatic rings. The van der Waals surface area contributed by atoms with E-state index in [2.05, 4.69) is 25.9 Å². The third-order valence-electron chi connectivity index (χ3n) is 6.82. The van der Waals surface area contributed by atoms with Gasteiger partial charge < -0.3 is 10.6 Å². The van der Waals surface area contributed by atoms with Crippen LogP contribution in [0.1, 0.15) is 60.0 Å². The predicted octanol–water partition coefficient (Wildman–Crippen LogP) is 4.78. The van der Waals surface area contributed by atoms with Gasteiger partial charge in [0.15, 0.2) is 0 Å². The van der Waals surface area contributed by atoms with Crippen molar-refractivity contribution in [2.75, 3.05) is 5.32 Å². The Morgan fingerprint density at radius 2 is 1.94 bits per heavy atom. The second-order valence-corrected chi connectivity index (χ2v) is 9.53. The molecule has 3 N–H and O–H groups in total. The van der Waals surface area contributed by atoms with E-state index in [-0.39, 0.29) is 6.42 Å². The van der Waals surface area contributed by atoms with Crippen molar-refractivity contribution in [3.8, 4) is 11.1 Å². The molecule has 36 heavy (non-hydrogen) atoms. The van der Waals surface area contributed by atoms with Crippen LogP contribution in [0.15, 0.2) is 30.5 Å². The van der Waals surface area contributed by atoms with Gasteiger partial charge in [-0.05, 0) is 69.7 Å². The Morgan fingerprint density at radius 3 is 2.56 bits per heavy atom. The lowest BCUT2D eigenvalue weighted by Gasteiger charge is -2.34. The number of H-pyrrole nitrogens is 1. The quantitative estimate of drug-likeness (QED) is 0.436. The summed E-state index contributed by atoms with van der Waals surface area (Å²) in [4.78, 5) is 26.6. The number of amides is 2. The van der Waals surface area contributed by atoms with Crippen molar-refractivity contribution in [3.63, 3.8) is 0 Å². The number of anilines is 1. The van der Waals surface area contributed by atoms with Crippen LogP contribution in [0, 0.1) is 26.7 Å². The van der Waals surface area contributed by atoms with Gasteiger partial charge in [0.25, 0.3) is 5.91 Å². The van der Waals surface area contributed by atoms with Crippen LogP contribution in [0.5, 0.6) is 0 Å². The SMILES string of the molecule is CCn1ncc(C)c1C(=O)N[C@H](C(=O)Nc1ccc(-c2c(C)n[nH]c2C)cc1)[C@H]1CCCC(F)(F)C1. The molecular formula is C26H32F2N6O2. The molecule has 0 bridgehead atoms. The standard InChI is InChI=1S/C26H32F2N6O2/c1-5-34-23(15(2)14-29-34)25(36)31-22(19-7-6-12-26(27,28)13-19)24(35)30-20-10-8-18(9-11-20)21-16(3)32-33-17(21)4/h8-11,14,19,22H,5-7,12-13H2,1-4H3,(H,30,35)(H,31,36)(H,32,33)/t19-,22-/m0/s1. The molecule has 0 saturated heterocycles. The second-order valence-electron chi connectivity index (χ2n) is 9.53. The number of carbonyl (C=O) groups is 2. The van der Waals surface area contributed by atoms with E-state index in [1.165, 1.54) is 4.68 Å². The number of nitrogens with zero attached hydrogens (tertiary/aromatic N) is 3. The fourth-order valence-electron chi connectivity index (χ4n) is 5.03. The Hall–Kier alpha value is -3.56. The average Bonchev–Trinajstić information content (AvgIpc) is 3.38. The lowest BCUT2D eigenvalue weighted by Crippen LogP contribution is -2.51. The summed E-state index contributed by atoms with van der Waals surface area (Å²) >= 11 is 0. The Kier molecular flexibility index (Phi) is 7.23. The maximum Gasteiger partial charge on any atom is 0.270 e. The number of hydrogen-bond donors (Lipinski definition) is 3. The molecule has 2 aromatic heterocycles. The van der Waals surface area contributed by atoms with Gasteiger partial charge in [-0.15, -0.1) is 0 Å². The van der Waals surface area contributed by atoms with Gasteiger partial charge in [0.2, 0.25) is 11.8 Å². The van der Waals surface area contributed by atoms with Gasteiger partial charge in [0, 0.05) is 36.3 Å². The molecule has 1 fully saturated rings. The highest BCUT2D eigenvalue weighted by molar-refractivity contribution is 6.01. The van der Waals surface area contributed by atoms with Gasteiger partial charge in [-0.3, -0.25) is 19.4 Å².